The molecule has 8 heteroatoms. The Balaban J connectivity index is 1.42. The van der Waals surface area contributed by atoms with Crippen molar-refractivity contribution in [1.82, 2.24) is 4.57 Å². The Morgan fingerprint density at radius 2 is 1.54 bits per heavy atom. The van der Waals surface area contributed by atoms with E-state index in [1.165, 1.54) is 24.3 Å². The monoisotopic (exact) mass is 474 g/mol. The standard InChI is InChI=1S/C27H26N2O6/c1-16-13-23(18(3)28(16)17(2)14-34-4)24(30)15-35-27(33)19-9-11-20(12-10-19)29-25(31)21-7-5-6-8-22(21)26(29)32/h5-13,17H,14-15H2,1-4H3/t17-/m0/s1. The van der Waals surface area contributed by atoms with Crippen molar-refractivity contribution in [2.45, 2.75) is 26.8 Å². The van der Waals surface area contributed by atoms with Crippen LogP contribution in [0.3, 0.4) is 0 Å². The molecule has 2 aromatic carbocycles. The summed E-state index contributed by atoms with van der Waals surface area (Å²) in [7, 11) is 1.63. The zero-order valence-corrected chi connectivity index (χ0v) is 20.0. The molecule has 2 heterocycles. The predicted octanol–water partition coefficient (Wildman–Crippen LogP) is 4.15. The first kappa shape index (κ1) is 24.1. The first-order valence-electron chi connectivity index (χ1n) is 11.2. The number of nitrogens with zero attached hydrogens (tertiary/aromatic N) is 2. The summed E-state index contributed by atoms with van der Waals surface area (Å²) >= 11 is 0. The van der Waals surface area contributed by atoms with Gasteiger partial charge in [0.2, 0.25) is 5.78 Å². The van der Waals surface area contributed by atoms with Gasteiger partial charge in [0.25, 0.3) is 11.8 Å². The van der Waals surface area contributed by atoms with Crippen molar-refractivity contribution in [2.24, 2.45) is 0 Å². The number of ketones is 1. The van der Waals surface area contributed by atoms with Gasteiger partial charge in [-0.3, -0.25) is 14.4 Å². The van der Waals surface area contributed by atoms with Gasteiger partial charge in [-0.05, 0) is 63.2 Å². The van der Waals surface area contributed by atoms with Crippen LogP contribution in [0.5, 0.6) is 0 Å². The van der Waals surface area contributed by atoms with Gasteiger partial charge >= 0.3 is 5.97 Å². The first-order valence-corrected chi connectivity index (χ1v) is 11.2. The molecule has 2 amide bonds. The third kappa shape index (κ3) is 4.40. The van der Waals surface area contributed by atoms with Crippen LogP contribution in [0.25, 0.3) is 0 Å². The van der Waals surface area contributed by atoms with Gasteiger partial charge in [-0.15, -0.1) is 0 Å². The van der Waals surface area contributed by atoms with Crippen LogP contribution in [-0.4, -0.2) is 48.5 Å². The molecule has 0 saturated carbocycles. The number of methoxy groups -OCH3 is 1. The number of Topliss-reactive ketones (excluding diaryl/α,β-unsaturated/α-hetero) is 1. The summed E-state index contributed by atoms with van der Waals surface area (Å²) in [5.41, 5.74) is 3.45. The second-order valence-electron chi connectivity index (χ2n) is 8.50. The van der Waals surface area contributed by atoms with E-state index < -0.39 is 24.4 Å². The van der Waals surface area contributed by atoms with Crippen LogP contribution in [-0.2, 0) is 9.47 Å². The van der Waals surface area contributed by atoms with E-state index in [2.05, 4.69) is 0 Å². The number of benzene rings is 2. The van der Waals surface area contributed by atoms with E-state index in [0.717, 1.165) is 16.3 Å². The average Bonchev–Trinajstić information content (AvgIpc) is 3.29. The molecule has 0 spiro atoms. The lowest BCUT2D eigenvalue weighted by atomic mass is 10.1. The van der Waals surface area contributed by atoms with Crippen LogP contribution in [0.1, 0.15) is 65.8 Å². The van der Waals surface area contributed by atoms with E-state index in [-0.39, 0.29) is 17.4 Å². The minimum atomic E-state index is -0.672. The summed E-state index contributed by atoms with van der Waals surface area (Å²) in [5, 5.41) is 0. The second-order valence-corrected chi connectivity index (χ2v) is 8.50. The number of hydrogen-bond donors (Lipinski definition) is 0. The Hall–Kier alpha value is -4.04. The number of hydrogen-bond acceptors (Lipinski definition) is 6. The van der Waals surface area contributed by atoms with Gasteiger partial charge in [-0.2, -0.15) is 0 Å². The fraction of sp³-hybridized carbons (Fsp3) is 0.259. The number of carbonyl (C=O) groups is 4. The van der Waals surface area contributed by atoms with Gasteiger partial charge in [0.05, 0.1) is 35.0 Å². The fourth-order valence-corrected chi connectivity index (χ4v) is 4.52. The number of ether oxygens (including phenoxy) is 2. The normalized spacial score (nSPS) is 13.7. The maximum absolute atomic E-state index is 12.8. The summed E-state index contributed by atoms with van der Waals surface area (Å²) in [4.78, 5) is 51.6. The third-order valence-electron chi connectivity index (χ3n) is 6.12. The molecule has 0 saturated heterocycles. The summed E-state index contributed by atoms with van der Waals surface area (Å²) in [6.07, 6.45) is 0. The van der Waals surface area contributed by atoms with Crippen molar-refractivity contribution in [3.8, 4) is 0 Å². The van der Waals surface area contributed by atoms with E-state index in [0.29, 0.717) is 29.0 Å². The Morgan fingerprint density at radius 1 is 0.943 bits per heavy atom. The van der Waals surface area contributed by atoms with Crippen molar-refractivity contribution >= 4 is 29.3 Å². The van der Waals surface area contributed by atoms with Crippen molar-refractivity contribution in [3.63, 3.8) is 0 Å². The first-order chi connectivity index (χ1) is 16.7. The Kier molecular flexibility index (Phi) is 6.66. The number of aryl methyl sites for hydroxylation is 1. The van der Waals surface area contributed by atoms with E-state index in [9.17, 15) is 19.2 Å². The molecule has 0 fully saturated rings. The van der Waals surface area contributed by atoms with Crippen molar-refractivity contribution in [3.05, 3.63) is 88.2 Å². The maximum atomic E-state index is 12.8. The SMILES string of the molecule is COC[C@H](C)n1c(C)cc(C(=O)COC(=O)c2ccc(N3C(=O)c4ccccc4C3=O)cc2)c1C. The molecule has 0 N–H and O–H groups in total. The molecule has 1 aliphatic rings. The largest absolute Gasteiger partial charge is 0.454 e. The zero-order chi connectivity index (χ0) is 25.3. The van der Waals surface area contributed by atoms with E-state index >= 15 is 0 Å². The number of fused-ring (bicyclic) bond motifs is 1. The van der Waals surface area contributed by atoms with Crippen LogP contribution >= 0.6 is 0 Å². The van der Waals surface area contributed by atoms with Crippen LogP contribution in [0.15, 0.2) is 54.6 Å². The highest BCUT2D eigenvalue weighted by atomic mass is 16.5. The minimum absolute atomic E-state index is 0.0600. The number of esters is 1. The lowest BCUT2D eigenvalue weighted by Gasteiger charge is -2.17. The topological polar surface area (TPSA) is 94.9 Å². The molecule has 0 radical (unpaired) electrons. The third-order valence-corrected chi connectivity index (χ3v) is 6.12. The van der Waals surface area contributed by atoms with Gasteiger partial charge in [0.1, 0.15) is 0 Å². The van der Waals surface area contributed by atoms with Gasteiger partial charge < -0.3 is 14.0 Å². The number of carbonyl (C=O) groups excluding carboxylic acids is 4. The van der Waals surface area contributed by atoms with Gasteiger partial charge in [0, 0.05) is 24.1 Å². The van der Waals surface area contributed by atoms with E-state index in [1.54, 1.807) is 37.4 Å². The van der Waals surface area contributed by atoms with Crippen LogP contribution < -0.4 is 4.90 Å². The number of amides is 2. The summed E-state index contributed by atoms with van der Waals surface area (Å²) in [5.74, 6) is -1.80. The highest BCUT2D eigenvalue weighted by molar-refractivity contribution is 6.34. The number of aromatic nitrogens is 1. The maximum Gasteiger partial charge on any atom is 0.338 e. The average molecular weight is 475 g/mol. The van der Waals surface area contributed by atoms with Crippen LogP contribution in [0, 0.1) is 13.8 Å². The minimum Gasteiger partial charge on any atom is -0.454 e. The fourth-order valence-electron chi connectivity index (χ4n) is 4.52. The molecule has 8 nitrogen and oxygen atoms in total. The van der Waals surface area contributed by atoms with E-state index in [1.807, 2.05) is 25.3 Å². The lowest BCUT2D eigenvalue weighted by molar-refractivity contribution is 0.0474. The smallest absolute Gasteiger partial charge is 0.338 e. The zero-order valence-electron chi connectivity index (χ0n) is 20.0. The van der Waals surface area contributed by atoms with Crippen LogP contribution in [0.4, 0.5) is 5.69 Å². The molecule has 4 rings (SSSR count). The number of imide groups is 1. The van der Waals surface area contributed by atoms with Gasteiger partial charge in [-0.1, -0.05) is 12.1 Å². The molecule has 0 bridgehead atoms. The Bertz CT molecular complexity index is 1290. The Morgan fingerprint density at radius 3 is 2.11 bits per heavy atom. The highest BCUT2D eigenvalue weighted by Gasteiger charge is 2.36. The summed E-state index contributed by atoms with van der Waals surface area (Å²) in [6, 6.07) is 14.4. The number of anilines is 1. The molecular weight excluding hydrogens is 448 g/mol. The molecule has 0 unspecified atom stereocenters. The van der Waals surface area contributed by atoms with Gasteiger partial charge in [0.15, 0.2) is 6.61 Å². The Labute approximate surface area is 203 Å². The summed E-state index contributed by atoms with van der Waals surface area (Å²) in [6.45, 7) is 5.88. The highest BCUT2D eigenvalue weighted by Crippen LogP contribution is 2.28. The van der Waals surface area contributed by atoms with Gasteiger partial charge in [-0.25, -0.2) is 9.69 Å². The quantitative estimate of drug-likeness (QED) is 0.277. The molecule has 1 atom stereocenters. The van der Waals surface area contributed by atoms with Crippen molar-refractivity contribution in [2.75, 3.05) is 25.2 Å². The number of rotatable bonds is 8. The van der Waals surface area contributed by atoms with Crippen molar-refractivity contribution in [1.29, 1.82) is 0 Å². The molecule has 180 valence electrons. The molecule has 1 aromatic heterocycles. The molecule has 1 aliphatic heterocycles. The second kappa shape index (κ2) is 9.68. The van der Waals surface area contributed by atoms with Crippen LogP contribution in [0.2, 0.25) is 0 Å². The molecular formula is C27H26N2O6. The predicted molar refractivity (Wildman–Crippen MR) is 129 cm³/mol. The molecule has 3 aromatic rings. The van der Waals surface area contributed by atoms with Crippen molar-refractivity contribution < 1.29 is 28.7 Å². The molecule has 35 heavy (non-hydrogen) atoms. The molecule has 0 aliphatic carbocycles. The summed E-state index contributed by atoms with van der Waals surface area (Å²) < 4.78 is 12.5. The lowest BCUT2D eigenvalue weighted by Crippen LogP contribution is -2.29. The van der Waals surface area contributed by atoms with E-state index in [4.69, 9.17) is 9.47 Å².